The molecule has 0 spiro atoms. The lowest BCUT2D eigenvalue weighted by atomic mass is 10.1. The number of benzene rings is 1. The Morgan fingerprint density at radius 3 is 2.82 bits per heavy atom. The van der Waals surface area contributed by atoms with E-state index in [-0.39, 0.29) is 4.21 Å². The first-order valence-corrected chi connectivity index (χ1v) is 14.4. The monoisotopic (exact) mass is 523 g/mol. The van der Waals surface area contributed by atoms with Gasteiger partial charge in [0.05, 0.1) is 14.6 Å². The molecule has 0 saturated carbocycles. The van der Waals surface area contributed by atoms with Crippen LogP contribution in [-0.4, -0.2) is 35.8 Å². The molecule has 1 amide bonds. The standard InChI is InChI=1S/C23H26ClN3O3S3/c1-3-5-7-16-9-10-17-19(15-16)31-23(26(17)13-4-2)25-22(28)18-8-6-14-27(18)33(29,30)21-12-11-20(24)32-21/h4,9-12,15,18H,2-3,5-8,13-14H2,1H3. The van der Waals surface area contributed by atoms with E-state index in [0.717, 1.165) is 40.8 Å². The molecule has 0 aliphatic carbocycles. The topological polar surface area (TPSA) is 71.7 Å². The quantitative estimate of drug-likeness (QED) is 0.380. The molecule has 1 saturated heterocycles. The number of carbonyl (C=O) groups excluding carboxylic acids is 1. The third-order valence-electron chi connectivity index (χ3n) is 5.68. The predicted molar refractivity (Wildman–Crippen MR) is 135 cm³/mol. The second kappa shape index (κ2) is 10.2. The molecule has 1 aromatic carbocycles. The van der Waals surface area contributed by atoms with E-state index >= 15 is 0 Å². The average molecular weight is 524 g/mol. The van der Waals surface area contributed by atoms with Gasteiger partial charge in [0, 0.05) is 13.1 Å². The molecule has 0 radical (unpaired) electrons. The van der Waals surface area contributed by atoms with Gasteiger partial charge in [-0.25, -0.2) is 8.42 Å². The highest BCUT2D eigenvalue weighted by Crippen LogP contribution is 2.32. The third-order valence-corrected chi connectivity index (χ3v) is 10.3. The van der Waals surface area contributed by atoms with Crippen molar-refractivity contribution in [2.75, 3.05) is 6.54 Å². The summed E-state index contributed by atoms with van der Waals surface area (Å²) < 4.78 is 31.1. The van der Waals surface area contributed by atoms with Crippen molar-refractivity contribution in [3.8, 4) is 0 Å². The highest BCUT2D eigenvalue weighted by Gasteiger charge is 2.40. The predicted octanol–water partition coefficient (Wildman–Crippen LogP) is 5.23. The SMILES string of the molecule is C=CCn1c(=NC(=O)C2CCCN2S(=O)(=O)c2ccc(Cl)s2)sc2cc(CCCC)ccc21. The molecule has 0 N–H and O–H groups in total. The largest absolute Gasteiger partial charge is 0.313 e. The lowest BCUT2D eigenvalue weighted by Crippen LogP contribution is -2.40. The summed E-state index contributed by atoms with van der Waals surface area (Å²) in [6.45, 7) is 6.82. The molecule has 2 aromatic heterocycles. The Kier molecular flexibility index (Phi) is 7.55. The number of halogens is 1. The molecular weight excluding hydrogens is 498 g/mol. The molecule has 1 atom stereocenters. The molecule has 33 heavy (non-hydrogen) atoms. The fraction of sp³-hybridized carbons (Fsp3) is 0.391. The third kappa shape index (κ3) is 5.02. The number of aromatic nitrogens is 1. The van der Waals surface area contributed by atoms with E-state index in [0.29, 0.717) is 35.1 Å². The number of amides is 1. The second-order valence-corrected chi connectivity index (χ2v) is 12.8. The van der Waals surface area contributed by atoms with Crippen LogP contribution in [0.4, 0.5) is 0 Å². The molecule has 6 nitrogen and oxygen atoms in total. The van der Waals surface area contributed by atoms with Crippen molar-refractivity contribution in [3.63, 3.8) is 0 Å². The number of hydrogen-bond donors (Lipinski definition) is 0. The van der Waals surface area contributed by atoms with E-state index < -0.39 is 22.0 Å². The van der Waals surface area contributed by atoms with Crippen LogP contribution in [0.25, 0.3) is 10.2 Å². The highest BCUT2D eigenvalue weighted by atomic mass is 35.5. The van der Waals surface area contributed by atoms with Gasteiger partial charge in [-0.1, -0.05) is 48.4 Å². The minimum absolute atomic E-state index is 0.149. The first-order valence-electron chi connectivity index (χ1n) is 10.9. The van der Waals surface area contributed by atoms with E-state index in [1.165, 1.54) is 27.3 Å². The number of nitrogens with zero attached hydrogens (tertiary/aromatic N) is 3. The van der Waals surface area contributed by atoms with E-state index in [4.69, 9.17) is 11.6 Å². The number of thiazole rings is 1. The van der Waals surface area contributed by atoms with Crippen molar-refractivity contribution >= 4 is 60.4 Å². The Morgan fingerprint density at radius 1 is 1.30 bits per heavy atom. The Morgan fingerprint density at radius 2 is 2.12 bits per heavy atom. The Hall–Kier alpha value is -1.78. The van der Waals surface area contributed by atoms with Crippen molar-refractivity contribution < 1.29 is 13.2 Å². The van der Waals surface area contributed by atoms with Gasteiger partial charge in [0.2, 0.25) is 0 Å². The Balaban J connectivity index is 1.70. The number of fused-ring (bicyclic) bond motifs is 1. The van der Waals surface area contributed by atoms with E-state index in [1.807, 2.05) is 4.57 Å². The molecule has 10 heteroatoms. The van der Waals surface area contributed by atoms with E-state index in [1.54, 1.807) is 12.1 Å². The van der Waals surface area contributed by atoms with Gasteiger partial charge >= 0.3 is 0 Å². The van der Waals surface area contributed by atoms with Crippen LogP contribution in [0.2, 0.25) is 4.34 Å². The summed E-state index contributed by atoms with van der Waals surface area (Å²) in [6, 6.07) is 8.58. The van der Waals surface area contributed by atoms with Crippen LogP contribution in [-0.2, 0) is 27.8 Å². The molecule has 176 valence electrons. The smallest absolute Gasteiger partial charge is 0.266 e. The minimum Gasteiger partial charge on any atom is -0.313 e. The van der Waals surface area contributed by atoms with E-state index in [2.05, 4.69) is 36.7 Å². The molecule has 1 aliphatic heterocycles. The first-order chi connectivity index (χ1) is 15.8. The number of thiophene rings is 1. The van der Waals surface area contributed by atoms with Crippen molar-refractivity contribution in [2.24, 2.45) is 4.99 Å². The number of rotatable bonds is 8. The van der Waals surface area contributed by atoms with Gasteiger partial charge in [-0.2, -0.15) is 9.30 Å². The number of sulfonamides is 1. The number of carbonyl (C=O) groups is 1. The summed E-state index contributed by atoms with van der Waals surface area (Å²) in [5.74, 6) is -0.436. The van der Waals surface area contributed by atoms with Crippen LogP contribution in [0.3, 0.4) is 0 Å². The van der Waals surface area contributed by atoms with Gasteiger partial charge in [0.1, 0.15) is 10.3 Å². The van der Waals surface area contributed by atoms with Crippen molar-refractivity contribution in [1.82, 2.24) is 8.87 Å². The lowest BCUT2D eigenvalue weighted by molar-refractivity contribution is -0.121. The average Bonchev–Trinajstić information content (AvgIpc) is 3.52. The van der Waals surface area contributed by atoms with Crippen molar-refractivity contribution in [3.05, 3.63) is 57.7 Å². The molecule has 1 unspecified atom stereocenters. The van der Waals surface area contributed by atoms with Crippen LogP contribution < -0.4 is 4.80 Å². The maximum atomic E-state index is 13.2. The molecular formula is C23H26ClN3O3S3. The van der Waals surface area contributed by atoms with Crippen LogP contribution in [0, 0.1) is 0 Å². The van der Waals surface area contributed by atoms with Gasteiger partial charge < -0.3 is 4.57 Å². The highest BCUT2D eigenvalue weighted by molar-refractivity contribution is 7.91. The summed E-state index contributed by atoms with van der Waals surface area (Å²) in [6.07, 6.45) is 6.11. The summed E-state index contributed by atoms with van der Waals surface area (Å²) >= 11 is 8.40. The Bertz CT molecular complexity index is 1350. The molecule has 4 rings (SSSR count). The molecule has 1 aliphatic rings. The molecule has 3 heterocycles. The molecule has 1 fully saturated rings. The van der Waals surface area contributed by atoms with Crippen LogP contribution in [0.15, 0.2) is 52.2 Å². The van der Waals surface area contributed by atoms with Crippen LogP contribution >= 0.6 is 34.3 Å². The van der Waals surface area contributed by atoms with E-state index in [9.17, 15) is 13.2 Å². The van der Waals surface area contributed by atoms with Gasteiger partial charge in [0.25, 0.3) is 15.9 Å². The van der Waals surface area contributed by atoms with Crippen molar-refractivity contribution in [1.29, 1.82) is 0 Å². The molecule has 3 aromatic rings. The van der Waals surface area contributed by atoms with Crippen LogP contribution in [0.5, 0.6) is 0 Å². The zero-order chi connectivity index (χ0) is 23.6. The number of allylic oxidation sites excluding steroid dienone is 1. The van der Waals surface area contributed by atoms with Gasteiger partial charge in [-0.15, -0.1) is 17.9 Å². The lowest BCUT2D eigenvalue weighted by Gasteiger charge is -2.20. The second-order valence-electron chi connectivity index (χ2n) is 7.97. The minimum atomic E-state index is -3.80. The zero-order valence-electron chi connectivity index (χ0n) is 18.4. The summed E-state index contributed by atoms with van der Waals surface area (Å²) in [5.41, 5.74) is 2.26. The van der Waals surface area contributed by atoms with Gasteiger partial charge in [0.15, 0.2) is 4.80 Å². The summed E-state index contributed by atoms with van der Waals surface area (Å²) in [4.78, 5) is 18.2. The fourth-order valence-corrected chi connectivity index (χ4v) is 8.41. The maximum Gasteiger partial charge on any atom is 0.266 e. The van der Waals surface area contributed by atoms with Crippen LogP contribution in [0.1, 0.15) is 38.2 Å². The van der Waals surface area contributed by atoms with Crippen molar-refractivity contribution in [2.45, 2.75) is 55.8 Å². The Labute approximate surface area is 206 Å². The summed E-state index contributed by atoms with van der Waals surface area (Å²) in [5, 5.41) is 0. The number of hydrogen-bond acceptors (Lipinski definition) is 5. The fourth-order valence-electron chi connectivity index (χ4n) is 4.04. The number of unbranched alkanes of at least 4 members (excludes halogenated alkanes) is 1. The zero-order valence-corrected chi connectivity index (χ0v) is 21.6. The normalized spacial score (nSPS) is 17.8. The summed E-state index contributed by atoms with van der Waals surface area (Å²) in [7, 11) is -3.80. The maximum absolute atomic E-state index is 13.2. The van der Waals surface area contributed by atoms with Gasteiger partial charge in [-0.3, -0.25) is 4.79 Å². The molecule has 0 bridgehead atoms. The first kappa shape index (κ1) is 24.3. The van der Waals surface area contributed by atoms with Gasteiger partial charge in [-0.05, 0) is 55.5 Å². The number of aryl methyl sites for hydroxylation is 1.